The van der Waals surface area contributed by atoms with Crippen molar-refractivity contribution < 1.29 is 14.2 Å². The molecule has 5 heteroatoms. The highest BCUT2D eigenvalue weighted by Crippen LogP contribution is 2.23. The van der Waals surface area contributed by atoms with Crippen molar-refractivity contribution in [3.05, 3.63) is 29.3 Å². The van der Waals surface area contributed by atoms with Crippen LogP contribution in [-0.4, -0.2) is 32.3 Å². The van der Waals surface area contributed by atoms with Gasteiger partial charge in [0.25, 0.3) is 5.97 Å². The van der Waals surface area contributed by atoms with Crippen LogP contribution in [0.3, 0.4) is 0 Å². The Balaban J connectivity index is 1.41. The molecule has 0 N–H and O–H groups in total. The molecule has 0 fully saturated rings. The third-order valence-electron chi connectivity index (χ3n) is 5.39. The molecule has 0 saturated heterocycles. The Morgan fingerprint density at radius 3 is 1.86 bits per heavy atom. The quantitative estimate of drug-likeness (QED) is 0.229. The predicted octanol–water partition coefficient (Wildman–Crippen LogP) is 6.72. The lowest BCUT2D eigenvalue weighted by atomic mass is 10.0. The van der Waals surface area contributed by atoms with Crippen LogP contribution >= 0.6 is 11.3 Å². The van der Waals surface area contributed by atoms with Gasteiger partial charge in [-0.15, -0.1) is 11.3 Å². The summed E-state index contributed by atoms with van der Waals surface area (Å²) in [4.78, 5) is 4.72. The van der Waals surface area contributed by atoms with Crippen LogP contribution in [-0.2, 0) is 20.6 Å². The van der Waals surface area contributed by atoms with Crippen LogP contribution in [0.1, 0.15) is 75.6 Å². The number of aromatic nitrogens is 1. The molecule has 2 rings (SSSR count). The van der Waals surface area contributed by atoms with Crippen molar-refractivity contribution in [3.63, 3.8) is 0 Å². The molecule has 0 amide bonds. The molecule has 4 nitrogen and oxygen atoms in total. The van der Waals surface area contributed by atoms with Gasteiger partial charge >= 0.3 is 0 Å². The number of benzene rings is 1. The van der Waals surface area contributed by atoms with E-state index in [1.807, 2.05) is 11.3 Å². The highest BCUT2D eigenvalue weighted by molar-refractivity contribution is 7.18. The zero-order valence-corrected chi connectivity index (χ0v) is 18.7. The van der Waals surface area contributed by atoms with Gasteiger partial charge in [-0.2, -0.15) is 0 Å². The Kier molecular flexibility index (Phi) is 11.0. The summed E-state index contributed by atoms with van der Waals surface area (Å²) in [6, 6.07) is 8.44. The van der Waals surface area contributed by atoms with E-state index in [-0.39, 0.29) is 0 Å². The van der Waals surface area contributed by atoms with Crippen LogP contribution < -0.4 is 0 Å². The van der Waals surface area contributed by atoms with Gasteiger partial charge < -0.3 is 14.2 Å². The number of fused-ring (bicyclic) bond motifs is 1. The summed E-state index contributed by atoms with van der Waals surface area (Å²) in [5.41, 5.74) is 1.15. The number of unbranched alkanes of at least 4 members (excludes halogenated alkanes) is 9. The van der Waals surface area contributed by atoms with E-state index in [1.54, 1.807) is 21.3 Å². The number of hydrogen-bond acceptors (Lipinski definition) is 5. The van der Waals surface area contributed by atoms with Gasteiger partial charge in [-0.3, -0.25) is 0 Å². The van der Waals surface area contributed by atoms with Gasteiger partial charge in [0.1, 0.15) is 0 Å². The minimum Gasteiger partial charge on any atom is -0.331 e. The summed E-state index contributed by atoms with van der Waals surface area (Å²) >= 11 is 1.85. The maximum atomic E-state index is 5.32. The van der Waals surface area contributed by atoms with E-state index in [1.165, 1.54) is 67.5 Å². The molecule has 0 spiro atoms. The first-order chi connectivity index (χ1) is 13.7. The van der Waals surface area contributed by atoms with Gasteiger partial charge in [0.05, 0.1) is 15.2 Å². The average molecular weight is 408 g/mol. The molecule has 2 aromatic rings. The second-order valence-electron chi connectivity index (χ2n) is 7.41. The van der Waals surface area contributed by atoms with Crippen LogP contribution in [0.4, 0.5) is 0 Å². The minimum absolute atomic E-state index is 0.783. The van der Waals surface area contributed by atoms with Crippen LogP contribution in [0, 0.1) is 0 Å². The second kappa shape index (κ2) is 13.3. The number of ether oxygens (including phenoxy) is 3. The lowest BCUT2D eigenvalue weighted by Gasteiger charge is -2.28. The molecule has 0 aliphatic heterocycles. The summed E-state index contributed by atoms with van der Waals surface area (Å²) in [6.07, 6.45) is 14.8. The van der Waals surface area contributed by atoms with Gasteiger partial charge in [-0.05, 0) is 31.4 Å². The molecule has 28 heavy (non-hydrogen) atoms. The number of rotatable bonds is 16. The van der Waals surface area contributed by atoms with Crippen LogP contribution in [0.5, 0.6) is 0 Å². The smallest absolute Gasteiger partial charge is 0.282 e. The van der Waals surface area contributed by atoms with E-state index >= 15 is 0 Å². The minimum atomic E-state index is -0.856. The molecule has 0 atom stereocenters. The summed E-state index contributed by atoms with van der Waals surface area (Å²) in [5, 5.41) is 1.29. The third-order valence-corrected chi connectivity index (χ3v) is 6.49. The van der Waals surface area contributed by atoms with Gasteiger partial charge in [0, 0.05) is 27.8 Å². The number of hydrogen-bond donors (Lipinski definition) is 0. The van der Waals surface area contributed by atoms with Gasteiger partial charge in [-0.25, -0.2) is 4.98 Å². The van der Waals surface area contributed by atoms with Crippen LogP contribution in [0.2, 0.25) is 0 Å². The average Bonchev–Trinajstić information content (AvgIpc) is 3.15. The normalized spacial score (nSPS) is 12.1. The van der Waals surface area contributed by atoms with Crippen molar-refractivity contribution in [2.45, 2.75) is 83.0 Å². The lowest BCUT2D eigenvalue weighted by molar-refractivity contribution is -0.355. The van der Waals surface area contributed by atoms with E-state index in [2.05, 4.69) is 24.3 Å². The monoisotopic (exact) mass is 407 g/mol. The molecule has 0 aliphatic rings. The SMILES string of the molecule is COC(CCCCCCCCCCCCc1nc2ccccc2s1)(OC)OC. The van der Waals surface area contributed by atoms with Crippen molar-refractivity contribution in [2.24, 2.45) is 0 Å². The fourth-order valence-electron chi connectivity index (χ4n) is 3.61. The first kappa shape index (κ1) is 23.3. The number of thiazole rings is 1. The number of methoxy groups -OCH3 is 3. The molecule has 1 aromatic heterocycles. The van der Waals surface area contributed by atoms with E-state index in [0.717, 1.165) is 24.8 Å². The summed E-state index contributed by atoms with van der Waals surface area (Å²) in [7, 11) is 4.89. The van der Waals surface area contributed by atoms with Crippen molar-refractivity contribution in [2.75, 3.05) is 21.3 Å². The van der Waals surface area contributed by atoms with Crippen LogP contribution in [0.15, 0.2) is 24.3 Å². The fraction of sp³-hybridized carbons (Fsp3) is 0.696. The van der Waals surface area contributed by atoms with E-state index in [4.69, 9.17) is 19.2 Å². The Morgan fingerprint density at radius 1 is 0.750 bits per heavy atom. The first-order valence-corrected chi connectivity index (χ1v) is 11.5. The molecule has 0 radical (unpaired) electrons. The Morgan fingerprint density at radius 2 is 1.29 bits per heavy atom. The summed E-state index contributed by atoms with van der Waals surface area (Å²) in [6.45, 7) is 0. The topological polar surface area (TPSA) is 40.6 Å². The number of para-hydroxylation sites is 1. The van der Waals surface area contributed by atoms with Gasteiger partial charge in [0.15, 0.2) is 0 Å². The maximum Gasteiger partial charge on any atom is 0.282 e. The Bertz CT molecular complexity index is 613. The molecule has 158 valence electrons. The first-order valence-electron chi connectivity index (χ1n) is 10.7. The molecular weight excluding hydrogens is 370 g/mol. The van der Waals surface area contributed by atoms with Crippen LogP contribution in [0.25, 0.3) is 10.2 Å². The lowest BCUT2D eigenvalue weighted by Crippen LogP contribution is -2.35. The summed E-state index contributed by atoms with van der Waals surface area (Å²) < 4.78 is 17.3. The molecular formula is C23H37NO3S. The Hall–Kier alpha value is -1.01. The fourth-order valence-corrected chi connectivity index (χ4v) is 4.62. The van der Waals surface area contributed by atoms with Gasteiger partial charge in [-0.1, -0.05) is 63.5 Å². The summed E-state index contributed by atoms with van der Waals surface area (Å²) in [5.74, 6) is -0.856. The predicted molar refractivity (Wildman–Crippen MR) is 118 cm³/mol. The van der Waals surface area contributed by atoms with Crippen molar-refractivity contribution in [1.82, 2.24) is 4.98 Å². The van der Waals surface area contributed by atoms with Crippen molar-refractivity contribution in [1.29, 1.82) is 0 Å². The molecule has 0 unspecified atom stereocenters. The van der Waals surface area contributed by atoms with E-state index in [0.29, 0.717) is 0 Å². The molecule has 0 saturated carbocycles. The second-order valence-corrected chi connectivity index (χ2v) is 8.52. The van der Waals surface area contributed by atoms with Gasteiger partial charge in [0.2, 0.25) is 0 Å². The van der Waals surface area contributed by atoms with E-state index < -0.39 is 5.97 Å². The largest absolute Gasteiger partial charge is 0.331 e. The van der Waals surface area contributed by atoms with E-state index in [9.17, 15) is 0 Å². The highest BCUT2D eigenvalue weighted by atomic mass is 32.1. The maximum absolute atomic E-state index is 5.32. The molecule has 0 aliphatic carbocycles. The highest BCUT2D eigenvalue weighted by Gasteiger charge is 2.28. The molecule has 0 bridgehead atoms. The molecule has 1 aromatic carbocycles. The zero-order chi connectivity index (χ0) is 20.1. The van der Waals surface area contributed by atoms with Crippen molar-refractivity contribution in [3.8, 4) is 0 Å². The standard InChI is InChI=1S/C23H37NO3S/c1-25-23(26-2,27-3)19-15-11-9-7-5-4-6-8-10-12-18-22-24-20-16-13-14-17-21(20)28-22/h13-14,16-17H,4-12,15,18-19H2,1-3H3. The number of nitrogens with zero attached hydrogens (tertiary/aromatic N) is 1. The molecule has 1 heterocycles. The van der Waals surface area contributed by atoms with Crippen molar-refractivity contribution >= 4 is 21.6 Å². The Labute approximate surface area is 174 Å². The number of aryl methyl sites for hydroxylation is 1. The third kappa shape index (κ3) is 7.78. The zero-order valence-electron chi connectivity index (χ0n) is 17.9.